The van der Waals surface area contributed by atoms with Gasteiger partial charge in [-0.3, -0.25) is 9.59 Å². The molecule has 0 saturated carbocycles. The molecule has 0 radical (unpaired) electrons. The minimum atomic E-state index is -0.661. The summed E-state index contributed by atoms with van der Waals surface area (Å²) in [5, 5.41) is 2.99. The molecule has 0 aliphatic heterocycles. The molecule has 0 fully saturated rings. The van der Waals surface area contributed by atoms with Crippen LogP contribution in [0.15, 0.2) is 83.3 Å². The highest BCUT2D eigenvalue weighted by atomic mass is 79.9. The summed E-state index contributed by atoms with van der Waals surface area (Å²) < 4.78 is 6.79. The first-order valence-corrected chi connectivity index (χ1v) is 12.9. The summed E-state index contributed by atoms with van der Waals surface area (Å²) in [5.74, 6) is 0.239. The van der Waals surface area contributed by atoms with Gasteiger partial charge in [0, 0.05) is 24.0 Å². The van der Waals surface area contributed by atoms with E-state index in [4.69, 9.17) is 4.74 Å². The first kappa shape index (κ1) is 26.5. The van der Waals surface area contributed by atoms with Crippen LogP contribution in [0.25, 0.3) is 0 Å². The Hall–Kier alpha value is -3.12. The molecule has 3 aromatic carbocycles. The summed E-state index contributed by atoms with van der Waals surface area (Å²) in [6, 6.07) is 24.7. The van der Waals surface area contributed by atoms with E-state index in [9.17, 15) is 9.59 Å². The highest BCUT2D eigenvalue weighted by Gasteiger charge is 2.30. The highest BCUT2D eigenvalue weighted by Crippen LogP contribution is 2.18. The monoisotopic (exact) mass is 536 g/mol. The third-order valence-corrected chi connectivity index (χ3v) is 6.31. The van der Waals surface area contributed by atoms with Crippen LogP contribution in [-0.2, 0) is 29.0 Å². The van der Waals surface area contributed by atoms with E-state index < -0.39 is 6.04 Å². The number of amides is 2. The normalized spacial score (nSPS) is 11.5. The number of nitrogens with zero attached hydrogens (tertiary/aromatic N) is 1. The van der Waals surface area contributed by atoms with Gasteiger partial charge in [-0.25, -0.2) is 0 Å². The third-order valence-electron chi connectivity index (χ3n) is 5.78. The molecule has 35 heavy (non-hydrogen) atoms. The van der Waals surface area contributed by atoms with Crippen molar-refractivity contribution in [1.82, 2.24) is 10.2 Å². The first-order chi connectivity index (χ1) is 17.0. The van der Waals surface area contributed by atoms with Crippen molar-refractivity contribution < 1.29 is 14.3 Å². The van der Waals surface area contributed by atoms with Crippen LogP contribution in [0.5, 0.6) is 5.75 Å². The first-order valence-electron chi connectivity index (χ1n) is 12.1. The largest absolute Gasteiger partial charge is 0.484 e. The van der Waals surface area contributed by atoms with Gasteiger partial charge in [-0.1, -0.05) is 84.4 Å². The van der Waals surface area contributed by atoms with Gasteiger partial charge >= 0.3 is 0 Å². The van der Waals surface area contributed by atoms with Gasteiger partial charge in [-0.15, -0.1) is 0 Å². The fraction of sp³-hybridized carbons (Fsp3) is 0.310. The number of nitrogens with one attached hydrogen (secondary N) is 1. The predicted octanol–water partition coefficient (Wildman–Crippen LogP) is 5.56. The van der Waals surface area contributed by atoms with Crippen LogP contribution >= 0.6 is 15.9 Å². The van der Waals surface area contributed by atoms with Crippen LogP contribution in [0.4, 0.5) is 0 Å². The Kier molecular flexibility index (Phi) is 10.4. The molecule has 1 unspecified atom stereocenters. The number of halogens is 1. The van der Waals surface area contributed by atoms with Crippen molar-refractivity contribution >= 4 is 27.7 Å². The van der Waals surface area contributed by atoms with Gasteiger partial charge in [-0.2, -0.15) is 0 Å². The molecule has 0 aromatic heterocycles. The Balaban J connectivity index is 1.86. The van der Waals surface area contributed by atoms with Gasteiger partial charge < -0.3 is 15.0 Å². The second-order valence-electron chi connectivity index (χ2n) is 8.43. The van der Waals surface area contributed by atoms with Crippen molar-refractivity contribution in [3.8, 4) is 5.75 Å². The lowest BCUT2D eigenvalue weighted by molar-refractivity contribution is -0.142. The zero-order chi connectivity index (χ0) is 25.0. The molecule has 0 saturated heterocycles. The third kappa shape index (κ3) is 8.25. The maximum Gasteiger partial charge on any atom is 0.261 e. The maximum atomic E-state index is 13.5. The second-order valence-corrected chi connectivity index (χ2v) is 9.35. The molecule has 0 bridgehead atoms. The van der Waals surface area contributed by atoms with Crippen molar-refractivity contribution in [2.24, 2.45) is 0 Å². The van der Waals surface area contributed by atoms with Crippen LogP contribution < -0.4 is 10.1 Å². The van der Waals surface area contributed by atoms with Crippen LogP contribution in [-0.4, -0.2) is 35.9 Å². The molecule has 2 amide bonds. The van der Waals surface area contributed by atoms with Crippen molar-refractivity contribution in [3.05, 3.63) is 100 Å². The molecule has 1 atom stereocenters. The second kappa shape index (κ2) is 13.7. The standard InChI is InChI=1S/C29H33BrN2O3/c1-3-18-31-29(34)27(19-23-8-6-5-7-9-23)32(20-24-10-14-25(30)15-11-24)28(33)21-35-26-16-12-22(4-2)13-17-26/h5-17,27H,3-4,18-21H2,1-2H3,(H,31,34). The maximum absolute atomic E-state index is 13.5. The van der Waals surface area contributed by atoms with E-state index in [0.29, 0.717) is 25.3 Å². The molecule has 184 valence electrons. The minimum Gasteiger partial charge on any atom is -0.484 e. The fourth-order valence-electron chi connectivity index (χ4n) is 3.76. The van der Waals surface area contributed by atoms with Gasteiger partial charge in [0.25, 0.3) is 5.91 Å². The summed E-state index contributed by atoms with van der Waals surface area (Å²) >= 11 is 3.46. The Morgan fingerprint density at radius 3 is 2.17 bits per heavy atom. The Bertz CT molecular complexity index is 1070. The summed E-state index contributed by atoms with van der Waals surface area (Å²) in [6.07, 6.45) is 2.18. The lowest BCUT2D eigenvalue weighted by atomic mass is 10.0. The van der Waals surface area contributed by atoms with Crippen molar-refractivity contribution in [2.45, 2.75) is 45.7 Å². The average Bonchev–Trinajstić information content (AvgIpc) is 2.89. The topological polar surface area (TPSA) is 58.6 Å². The average molecular weight is 537 g/mol. The molecular formula is C29H33BrN2O3. The van der Waals surface area contributed by atoms with Gasteiger partial charge in [-0.05, 0) is 53.8 Å². The Labute approximate surface area is 216 Å². The molecule has 1 N–H and O–H groups in total. The zero-order valence-corrected chi connectivity index (χ0v) is 22.0. The summed E-state index contributed by atoms with van der Waals surface area (Å²) in [6.45, 7) is 4.82. The number of carbonyl (C=O) groups is 2. The van der Waals surface area contributed by atoms with Crippen molar-refractivity contribution in [1.29, 1.82) is 0 Å². The Morgan fingerprint density at radius 1 is 0.886 bits per heavy atom. The molecule has 5 nitrogen and oxygen atoms in total. The molecule has 3 rings (SSSR count). The highest BCUT2D eigenvalue weighted by molar-refractivity contribution is 9.10. The summed E-state index contributed by atoms with van der Waals surface area (Å²) in [5.41, 5.74) is 3.14. The van der Waals surface area contributed by atoms with E-state index in [0.717, 1.165) is 28.4 Å². The summed E-state index contributed by atoms with van der Waals surface area (Å²) in [4.78, 5) is 28.5. The number of hydrogen-bond acceptors (Lipinski definition) is 3. The SMILES string of the molecule is CCCNC(=O)C(Cc1ccccc1)N(Cc1ccc(Br)cc1)C(=O)COc1ccc(CC)cc1. The van der Waals surface area contributed by atoms with Crippen LogP contribution in [0.1, 0.15) is 37.0 Å². The quantitative estimate of drug-likeness (QED) is 0.329. The number of aryl methyl sites for hydroxylation is 1. The molecule has 0 aliphatic carbocycles. The van der Waals surface area contributed by atoms with Crippen LogP contribution in [0.2, 0.25) is 0 Å². The molecular weight excluding hydrogens is 504 g/mol. The molecule has 0 heterocycles. The number of ether oxygens (including phenoxy) is 1. The van der Waals surface area contributed by atoms with Crippen LogP contribution in [0.3, 0.4) is 0 Å². The lowest BCUT2D eigenvalue weighted by Gasteiger charge is -2.31. The van der Waals surface area contributed by atoms with E-state index in [1.54, 1.807) is 4.90 Å². The molecule has 6 heteroatoms. The van der Waals surface area contributed by atoms with E-state index in [-0.39, 0.29) is 18.4 Å². The number of rotatable bonds is 12. The molecule has 3 aromatic rings. The lowest BCUT2D eigenvalue weighted by Crippen LogP contribution is -2.51. The smallest absolute Gasteiger partial charge is 0.261 e. The number of carbonyl (C=O) groups excluding carboxylic acids is 2. The Morgan fingerprint density at radius 2 is 1.54 bits per heavy atom. The summed E-state index contributed by atoms with van der Waals surface area (Å²) in [7, 11) is 0. The van der Waals surface area contributed by atoms with E-state index in [2.05, 4.69) is 28.2 Å². The van der Waals surface area contributed by atoms with Crippen LogP contribution in [0, 0.1) is 0 Å². The fourth-order valence-corrected chi connectivity index (χ4v) is 4.02. The van der Waals surface area contributed by atoms with E-state index in [1.807, 2.05) is 85.8 Å². The van der Waals surface area contributed by atoms with Gasteiger partial charge in [0.15, 0.2) is 6.61 Å². The number of hydrogen-bond donors (Lipinski definition) is 1. The predicted molar refractivity (Wildman–Crippen MR) is 143 cm³/mol. The van der Waals surface area contributed by atoms with Crippen molar-refractivity contribution in [2.75, 3.05) is 13.2 Å². The minimum absolute atomic E-state index is 0.144. The molecule has 0 aliphatic rings. The zero-order valence-electron chi connectivity index (χ0n) is 20.4. The molecule has 0 spiro atoms. The van der Waals surface area contributed by atoms with E-state index >= 15 is 0 Å². The van der Waals surface area contributed by atoms with Gasteiger partial charge in [0.05, 0.1) is 0 Å². The number of benzene rings is 3. The van der Waals surface area contributed by atoms with Gasteiger partial charge in [0.2, 0.25) is 5.91 Å². The van der Waals surface area contributed by atoms with Crippen molar-refractivity contribution in [3.63, 3.8) is 0 Å². The van der Waals surface area contributed by atoms with E-state index in [1.165, 1.54) is 5.56 Å². The van der Waals surface area contributed by atoms with Gasteiger partial charge in [0.1, 0.15) is 11.8 Å².